The van der Waals surface area contributed by atoms with Gasteiger partial charge >= 0.3 is 5.97 Å². The van der Waals surface area contributed by atoms with E-state index in [9.17, 15) is 9.59 Å². The molecule has 1 aromatic heterocycles. The SMILES string of the molecule is COC(=O)C(C)CN(Cc1ccco1)C(=O)Cc1ccc(OC)cc1. The highest BCUT2D eigenvalue weighted by atomic mass is 16.5. The first-order chi connectivity index (χ1) is 12.0. The van der Waals surface area contributed by atoms with E-state index < -0.39 is 5.92 Å². The Morgan fingerprint density at radius 2 is 1.88 bits per heavy atom. The zero-order chi connectivity index (χ0) is 18.2. The molecule has 0 aliphatic rings. The molecule has 1 amide bonds. The molecule has 0 radical (unpaired) electrons. The number of hydrogen-bond acceptors (Lipinski definition) is 5. The minimum atomic E-state index is -0.417. The van der Waals surface area contributed by atoms with E-state index in [-0.39, 0.29) is 24.8 Å². The molecule has 0 saturated carbocycles. The van der Waals surface area contributed by atoms with E-state index in [0.29, 0.717) is 12.3 Å². The molecule has 1 aromatic carbocycles. The summed E-state index contributed by atoms with van der Waals surface area (Å²) < 4.78 is 15.2. The van der Waals surface area contributed by atoms with Crippen molar-refractivity contribution in [3.8, 4) is 5.75 Å². The van der Waals surface area contributed by atoms with Gasteiger partial charge in [0.25, 0.3) is 0 Å². The molecule has 134 valence electrons. The van der Waals surface area contributed by atoms with Crippen molar-refractivity contribution in [2.75, 3.05) is 20.8 Å². The molecule has 6 heteroatoms. The first-order valence-electron chi connectivity index (χ1n) is 8.04. The summed E-state index contributed by atoms with van der Waals surface area (Å²) in [4.78, 5) is 26.1. The number of carbonyl (C=O) groups excluding carboxylic acids is 2. The summed E-state index contributed by atoms with van der Waals surface area (Å²) in [7, 11) is 2.94. The van der Waals surface area contributed by atoms with Crippen molar-refractivity contribution in [3.05, 3.63) is 54.0 Å². The molecule has 1 atom stereocenters. The van der Waals surface area contributed by atoms with Crippen LogP contribution in [0.2, 0.25) is 0 Å². The number of ether oxygens (including phenoxy) is 2. The molecule has 0 N–H and O–H groups in total. The van der Waals surface area contributed by atoms with Crippen LogP contribution in [0.15, 0.2) is 47.1 Å². The van der Waals surface area contributed by atoms with Crippen LogP contribution in [0.4, 0.5) is 0 Å². The van der Waals surface area contributed by atoms with Gasteiger partial charge in [-0.15, -0.1) is 0 Å². The summed E-state index contributed by atoms with van der Waals surface area (Å²) in [5, 5.41) is 0. The van der Waals surface area contributed by atoms with Crippen LogP contribution in [-0.2, 0) is 27.3 Å². The maximum atomic E-state index is 12.7. The van der Waals surface area contributed by atoms with Crippen LogP contribution in [0.5, 0.6) is 5.75 Å². The number of carbonyl (C=O) groups is 2. The average Bonchev–Trinajstić information content (AvgIpc) is 3.14. The highest BCUT2D eigenvalue weighted by Crippen LogP contribution is 2.15. The van der Waals surface area contributed by atoms with Crippen molar-refractivity contribution >= 4 is 11.9 Å². The number of hydrogen-bond donors (Lipinski definition) is 0. The van der Waals surface area contributed by atoms with Crippen LogP contribution in [0, 0.1) is 5.92 Å². The quantitative estimate of drug-likeness (QED) is 0.688. The van der Waals surface area contributed by atoms with Gasteiger partial charge in [-0.05, 0) is 29.8 Å². The monoisotopic (exact) mass is 345 g/mol. The lowest BCUT2D eigenvalue weighted by Crippen LogP contribution is -2.37. The number of esters is 1. The van der Waals surface area contributed by atoms with Gasteiger partial charge in [0.1, 0.15) is 11.5 Å². The van der Waals surface area contributed by atoms with Crippen molar-refractivity contribution in [2.45, 2.75) is 19.9 Å². The molecule has 0 aliphatic carbocycles. The Balaban J connectivity index is 2.08. The molecule has 2 aromatic rings. The van der Waals surface area contributed by atoms with Crippen molar-refractivity contribution in [2.24, 2.45) is 5.92 Å². The average molecular weight is 345 g/mol. The zero-order valence-corrected chi connectivity index (χ0v) is 14.7. The molecule has 1 heterocycles. The number of rotatable bonds is 8. The standard InChI is InChI=1S/C19H23NO5/c1-14(19(22)24-3)12-20(13-17-5-4-10-25-17)18(21)11-15-6-8-16(23-2)9-7-15/h4-10,14H,11-13H2,1-3H3. The molecule has 0 bridgehead atoms. The lowest BCUT2D eigenvalue weighted by atomic mass is 10.1. The van der Waals surface area contributed by atoms with Crippen molar-refractivity contribution in [3.63, 3.8) is 0 Å². The molecule has 0 aliphatic heterocycles. The summed E-state index contributed by atoms with van der Waals surface area (Å²) in [5.41, 5.74) is 0.876. The molecule has 0 spiro atoms. The second-order valence-corrected chi connectivity index (χ2v) is 5.80. The maximum absolute atomic E-state index is 12.7. The van der Waals surface area contributed by atoms with E-state index in [4.69, 9.17) is 13.9 Å². The van der Waals surface area contributed by atoms with Crippen molar-refractivity contribution in [1.29, 1.82) is 0 Å². The first kappa shape index (κ1) is 18.6. The molecule has 0 fully saturated rings. The third-order valence-electron chi connectivity index (χ3n) is 3.89. The van der Waals surface area contributed by atoms with Gasteiger partial charge < -0.3 is 18.8 Å². The van der Waals surface area contributed by atoms with E-state index in [1.165, 1.54) is 7.11 Å². The second-order valence-electron chi connectivity index (χ2n) is 5.80. The van der Waals surface area contributed by atoms with Gasteiger partial charge in [0.05, 0.1) is 39.4 Å². The number of nitrogens with zero attached hydrogens (tertiary/aromatic N) is 1. The fourth-order valence-corrected chi connectivity index (χ4v) is 2.48. The van der Waals surface area contributed by atoms with Crippen molar-refractivity contribution < 1.29 is 23.5 Å². The van der Waals surface area contributed by atoms with Crippen LogP contribution in [0.25, 0.3) is 0 Å². The van der Waals surface area contributed by atoms with Gasteiger partial charge in [-0.3, -0.25) is 9.59 Å². The summed E-state index contributed by atoms with van der Waals surface area (Å²) >= 11 is 0. The predicted octanol–water partition coefficient (Wildman–Crippen LogP) is 2.67. The molecule has 1 unspecified atom stereocenters. The van der Waals surface area contributed by atoms with Crippen LogP contribution < -0.4 is 4.74 Å². The van der Waals surface area contributed by atoms with Crippen LogP contribution in [0.3, 0.4) is 0 Å². The maximum Gasteiger partial charge on any atom is 0.310 e. The van der Waals surface area contributed by atoms with E-state index >= 15 is 0 Å². The van der Waals surface area contributed by atoms with Crippen LogP contribution >= 0.6 is 0 Å². The highest BCUT2D eigenvalue weighted by molar-refractivity contribution is 5.80. The Morgan fingerprint density at radius 3 is 2.44 bits per heavy atom. The Morgan fingerprint density at radius 1 is 1.16 bits per heavy atom. The zero-order valence-electron chi connectivity index (χ0n) is 14.7. The lowest BCUT2D eigenvalue weighted by Gasteiger charge is -2.24. The Hall–Kier alpha value is -2.76. The molecule has 6 nitrogen and oxygen atoms in total. The summed E-state index contributed by atoms with van der Waals surface area (Å²) in [6.45, 7) is 2.31. The third kappa shape index (κ3) is 5.38. The first-order valence-corrected chi connectivity index (χ1v) is 8.04. The van der Waals surface area contributed by atoms with Crippen LogP contribution in [0.1, 0.15) is 18.2 Å². The number of amides is 1. The lowest BCUT2D eigenvalue weighted by molar-refractivity contribution is -0.146. The molecular formula is C19H23NO5. The predicted molar refractivity (Wildman–Crippen MR) is 92.0 cm³/mol. The Kier molecular flexibility index (Phi) is 6.62. The number of benzene rings is 1. The largest absolute Gasteiger partial charge is 0.497 e. The fourth-order valence-electron chi connectivity index (χ4n) is 2.48. The number of furan rings is 1. The van der Waals surface area contributed by atoms with E-state index in [2.05, 4.69) is 0 Å². The minimum Gasteiger partial charge on any atom is -0.497 e. The molecular weight excluding hydrogens is 322 g/mol. The van der Waals surface area contributed by atoms with E-state index in [0.717, 1.165) is 11.3 Å². The fraction of sp³-hybridized carbons (Fsp3) is 0.368. The number of methoxy groups -OCH3 is 2. The minimum absolute atomic E-state index is 0.0858. The molecule has 2 rings (SSSR count). The second kappa shape index (κ2) is 8.92. The smallest absolute Gasteiger partial charge is 0.310 e. The van der Waals surface area contributed by atoms with Gasteiger partial charge in [0.2, 0.25) is 5.91 Å². The van der Waals surface area contributed by atoms with Gasteiger partial charge in [-0.1, -0.05) is 19.1 Å². The summed E-state index contributed by atoms with van der Waals surface area (Å²) in [6, 6.07) is 10.9. The molecule has 0 saturated heterocycles. The highest BCUT2D eigenvalue weighted by Gasteiger charge is 2.22. The normalized spacial score (nSPS) is 11.6. The third-order valence-corrected chi connectivity index (χ3v) is 3.89. The topological polar surface area (TPSA) is 69.0 Å². The van der Waals surface area contributed by atoms with E-state index in [1.807, 2.05) is 24.3 Å². The van der Waals surface area contributed by atoms with Gasteiger partial charge in [0.15, 0.2) is 0 Å². The van der Waals surface area contributed by atoms with Crippen molar-refractivity contribution in [1.82, 2.24) is 4.90 Å². The summed E-state index contributed by atoms with van der Waals surface area (Å²) in [6.07, 6.45) is 1.80. The summed E-state index contributed by atoms with van der Waals surface area (Å²) in [5.74, 6) is 0.557. The van der Waals surface area contributed by atoms with Gasteiger partial charge in [-0.2, -0.15) is 0 Å². The van der Waals surface area contributed by atoms with Gasteiger partial charge in [-0.25, -0.2) is 0 Å². The Labute approximate surface area is 147 Å². The van der Waals surface area contributed by atoms with E-state index in [1.54, 1.807) is 37.3 Å². The molecule has 25 heavy (non-hydrogen) atoms. The van der Waals surface area contributed by atoms with Gasteiger partial charge in [0, 0.05) is 6.54 Å². The Bertz CT molecular complexity index is 678. The van der Waals surface area contributed by atoms with Crippen LogP contribution in [-0.4, -0.2) is 37.5 Å².